The van der Waals surface area contributed by atoms with Crippen molar-refractivity contribution in [3.63, 3.8) is 0 Å². The number of benzene rings is 2. The molecule has 0 aliphatic heterocycles. The van der Waals surface area contributed by atoms with Gasteiger partial charge in [-0.25, -0.2) is 8.42 Å². The third-order valence-electron chi connectivity index (χ3n) is 3.77. The van der Waals surface area contributed by atoms with Crippen LogP contribution in [0.3, 0.4) is 0 Å². The Hall–Kier alpha value is -2.38. The fourth-order valence-corrected chi connectivity index (χ4v) is 3.72. The van der Waals surface area contributed by atoms with Crippen LogP contribution < -0.4 is 14.8 Å². The highest BCUT2D eigenvalue weighted by Crippen LogP contribution is 2.22. The van der Waals surface area contributed by atoms with Crippen molar-refractivity contribution in [2.24, 2.45) is 0 Å². The largest absolute Gasteiger partial charge is 0.494 e. The Bertz CT molecular complexity index is 894. The van der Waals surface area contributed by atoms with Gasteiger partial charge in [0.1, 0.15) is 5.75 Å². The minimum atomic E-state index is -3.83. The van der Waals surface area contributed by atoms with Crippen LogP contribution in [0.1, 0.15) is 25.0 Å². The second-order valence-corrected chi connectivity index (χ2v) is 7.78. The van der Waals surface area contributed by atoms with Gasteiger partial charge in [0, 0.05) is 5.69 Å². The predicted octanol–water partition coefficient (Wildman–Crippen LogP) is 3.01. The van der Waals surface area contributed by atoms with Crippen LogP contribution in [0.5, 0.6) is 5.75 Å². The van der Waals surface area contributed by atoms with Gasteiger partial charge in [0.15, 0.2) is 0 Å². The van der Waals surface area contributed by atoms with Gasteiger partial charge >= 0.3 is 0 Å². The number of hydrogen-bond acceptors (Lipinski definition) is 4. The molecule has 0 heterocycles. The topological polar surface area (TPSA) is 84.5 Å². The van der Waals surface area contributed by atoms with Crippen molar-refractivity contribution in [2.45, 2.75) is 38.6 Å². The molecule has 1 atom stereocenters. The van der Waals surface area contributed by atoms with Crippen molar-refractivity contribution < 1.29 is 17.9 Å². The van der Waals surface area contributed by atoms with E-state index in [-0.39, 0.29) is 4.90 Å². The summed E-state index contributed by atoms with van der Waals surface area (Å²) in [6.45, 7) is 7.56. The molecule has 0 spiro atoms. The Morgan fingerprint density at radius 3 is 2.50 bits per heavy atom. The molecule has 0 saturated heterocycles. The molecule has 2 N–H and O–H groups in total. The predicted molar refractivity (Wildman–Crippen MR) is 102 cm³/mol. The molecule has 2 aromatic rings. The Morgan fingerprint density at radius 1 is 1.15 bits per heavy atom. The lowest BCUT2D eigenvalue weighted by atomic mass is 10.2. The zero-order valence-electron chi connectivity index (χ0n) is 15.4. The van der Waals surface area contributed by atoms with Crippen LogP contribution >= 0.6 is 0 Å². The summed E-state index contributed by atoms with van der Waals surface area (Å²) in [4.78, 5) is 12.4. The molecule has 7 heteroatoms. The third kappa shape index (κ3) is 5.06. The van der Waals surface area contributed by atoms with Gasteiger partial charge in [0.2, 0.25) is 15.9 Å². The number of nitrogens with one attached hydrogen (secondary N) is 2. The van der Waals surface area contributed by atoms with Gasteiger partial charge in [0.05, 0.1) is 17.5 Å². The van der Waals surface area contributed by atoms with E-state index in [1.807, 2.05) is 32.0 Å². The second kappa shape index (κ2) is 8.33. The molecule has 0 saturated carbocycles. The zero-order chi connectivity index (χ0) is 19.3. The Balaban J connectivity index is 2.10. The molecular formula is C19H24N2O4S. The average Bonchev–Trinajstić information content (AvgIpc) is 2.56. The number of aryl methyl sites for hydroxylation is 2. The van der Waals surface area contributed by atoms with E-state index in [9.17, 15) is 13.2 Å². The van der Waals surface area contributed by atoms with Gasteiger partial charge in [-0.1, -0.05) is 12.1 Å². The summed E-state index contributed by atoms with van der Waals surface area (Å²) in [5.74, 6) is 0.207. The van der Waals surface area contributed by atoms with E-state index in [0.29, 0.717) is 23.6 Å². The minimum absolute atomic E-state index is 0.0914. The lowest BCUT2D eigenvalue weighted by molar-refractivity contribution is -0.117. The number of amides is 1. The first-order valence-electron chi connectivity index (χ1n) is 8.36. The number of hydrogen-bond donors (Lipinski definition) is 2. The van der Waals surface area contributed by atoms with Crippen molar-refractivity contribution in [1.82, 2.24) is 4.72 Å². The van der Waals surface area contributed by atoms with Crippen molar-refractivity contribution in [3.8, 4) is 5.75 Å². The number of anilines is 1. The number of carbonyl (C=O) groups excluding carboxylic acids is 1. The molecule has 6 nitrogen and oxygen atoms in total. The first-order valence-corrected chi connectivity index (χ1v) is 9.84. The summed E-state index contributed by atoms with van der Waals surface area (Å²) in [7, 11) is -3.83. The number of sulfonamides is 1. The monoisotopic (exact) mass is 376 g/mol. The van der Waals surface area contributed by atoms with Crippen molar-refractivity contribution >= 4 is 21.6 Å². The van der Waals surface area contributed by atoms with Crippen LogP contribution in [0.25, 0.3) is 0 Å². The molecule has 0 aromatic heterocycles. The molecule has 0 aliphatic rings. The smallest absolute Gasteiger partial charge is 0.242 e. The average molecular weight is 376 g/mol. The molecule has 0 aliphatic carbocycles. The molecule has 1 amide bonds. The van der Waals surface area contributed by atoms with Gasteiger partial charge in [0.25, 0.3) is 0 Å². The number of ether oxygens (including phenoxy) is 1. The summed E-state index contributed by atoms with van der Waals surface area (Å²) in [6.07, 6.45) is 0. The third-order valence-corrected chi connectivity index (χ3v) is 5.31. The van der Waals surface area contributed by atoms with Gasteiger partial charge in [-0.15, -0.1) is 0 Å². The normalized spacial score (nSPS) is 12.5. The van der Waals surface area contributed by atoms with E-state index in [2.05, 4.69) is 10.0 Å². The summed E-state index contributed by atoms with van der Waals surface area (Å²) >= 11 is 0. The van der Waals surface area contributed by atoms with Gasteiger partial charge in [-0.05, 0) is 69.2 Å². The van der Waals surface area contributed by atoms with Gasteiger partial charge < -0.3 is 10.1 Å². The molecule has 26 heavy (non-hydrogen) atoms. The van der Waals surface area contributed by atoms with Crippen molar-refractivity contribution in [3.05, 3.63) is 53.6 Å². The molecule has 2 aromatic carbocycles. The fraction of sp³-hybridized carbons (Fsp3) is 0.316. The number of rotatable bonds is 7. The maximum absolute atomic E-state index is 12.5. The molecule has 0 radical (unpaired) electrons. The van der Waals surface area contributed by atoms with Crippen LogP contribution in [-0.4, -0.2) is 27.0 Å². The van der Waals surface area contributed by atoms with E-state index < -0.39 is 22.0 Å². The van der Waals surface area contributed by atoms with Crippen molar-refractivity contribution in [2.75, 3.05) is 11.9 Å². The Morgan fingerprint density at radius 2 is 1.88 bits per heavy atom. The molecule has 2 rings (SSSR count). The lowest BCUT2D eigenvalue weighted by Crippen LogP contribution is -2.41. The number of carbonyl (C=O) groups is 1. The van der Waals surface area contributed by atoms with E-state index in [1.54, 1.807) is 19.1 Å². The summed E-state index contributed by atoms with van der Waals surface area (Å²) < 4.78 is 32.9. The quantitative estimate of drug-likeness (QED) is 0.778. The van der Waals surface area contributed by atoms with Crippen LogP contribution in [0, 0.1) is 13.8 Å². The minimum Gasteiger partial charge on any atom is -0.494 e. The lowest BCUT2D eigenvalue weighted by Gasteiger charge is -2.15. The zero-order valence-corrected chi connectivity index (χ0v) is 16.2. The first kappa shape index (κ1) is 19.9. The van der Waals surface area contributed by atoms with E-state index in [1.165, 1.54) is 19.1 Å². The van der Waals surface area contributed by atoms with Gasteiger partial charge in [-0.3, -0.25) is 4.79 Å². The standard InChI is InChI=1S/C19H24N2O4S/c1-5-25-18-10-9-17(12-14(18)3)26(23,24)21-15(4)19(22)20-16-8-6-7-13(2)11-16/h6-12,15,21H,5H2,1-4H3,(H,20,22)/t15-/m1/s1. The van der Waals surface area contributed by atoms with Crippen LogP contribution in [0.2, 0.25) is 0 Å². The first-order chi connectivity index (χ1) is 12.2. The van der Waals surface area contributed by atoms with E-state index in [4.69, 9.17) is 4.74 Å². The van der Waals surface area contributed by atoms with Crippen LogP contribution in [-0.2, 0) is 14.8 Å². The molecule has 0 fully saturated rings. The maximum Gasteiger partial charge on any atom is 0.242 e. The fourth-order valence-electron chi connectivity index (χ4n) is 2.43. The van der Waals surface area contributed by atoms with Crippen LogP contribution in [0.4, 0.5) is 5.69 Å². The van der Waals surface area contributed by atoms with E-state index in [0.717, 1.165) is 5.56 Å². The Kier molecular flexibility index (Phi) is 6.39. The maximum atomic E-state index is 12.5. The highest BCUT2D eigenvalue weighted by molar-refractivity contribution is 7.89. The molecular weight excluding hydrogens is 352 g/mol. The van der Waals surface area contributed by atoms with Crippen LogP contribution in [0.15, 0.2) is 47.4 Å². The van der Waals surface area contributed by atoms with Gasteiger partial charge in [-0.2, -0.15) is 4.72 Å². The highest BCUT2D eigenvalue weighted by Gasteiger charge is 2.22. The molecule has 0 bridgehead atoms. The summed E-state index contributed by atoms with van der Waals surface area (Å²) in [5.41, 5.74) is 2.34. The SMILES string of the molecule is CCOc1ccc(S(=O)(=O)N[C@H](C)C(=O)Nc2cccc(C)c2)cc1C. The molecule has 140 valence electrons. The summed E-state index contributed by atoms with van der Waals surface area (Å²) in [6, 6.07) is 11.0. The Labute approximate surface area is 154 Å². The molecule has 0 unspecified atom stereocenters. The van der Waals surface area contributed by atoms with Crippen molar-refractivity contribution in [1.29, 1.82) is 0 Å². The highest BCUT2D eigenvalue weighted by atomic mass is 32.2. The second-order valence-electron chi connectivity index (χ2n) is 6.06. The summed E-state index contributed by atoms with van der Waals surface area (Å²) in [5, 5.41) is 2.71. The van der Waals surface area contributed by atoms with E-state index >= 15 is 0 Å².